The molecule has 0 amide bonds. The van der Waals surface area contributed by atoms with E-state index in [2.05, 4.69) is 20.4 Å². The maximum atomic E-state index is 11.6. The Balaban J connectivity index is 2.42. The van der Waals surface area contributed by atoms with E-state index in [0.717, 1.165) is 11.4 Å². The fraction of sp³-hybridized carbons (Fsp3) is 0.385. The predicted molar refractivity (Wildman–Crippen MR) is 74.1 cm³/mol. The third kappa shape index (κ3) is 2.61. The van der Waals surface area contributed by atoms with E-state index in [1.807, 2.05) is 6.92 Å². The number of carbonyl (C=O) groups excluding carboxylic acids is 1. The molecular formula is C13H17N5O2. The molecule has 0 aliphatic heterocycles. The second-order valence-electron chi connectivity index (χ2n) is 4.21. The van der Waals surface area contributed by atoms with Gasteiger partial charge in [0.05, 0.1) is 18.4 Å². The van der Waals surface area contributed by atoms with Gasteiger partial charge in [0, 0.05) is 18.8 Å². The molecular weight excluding hydrogens is 258 g/mol. The molecule has 0 radical (unpaired) electrons. The first kappa shape index (κ1) is 14.0. The number of anilines is 1. The van der Waals surface area contributed by atoms with Crippen LogP contribution in [0, 0.1) is 13.8 Å². The van der Waals surface area contributed by atoms with Gasteiger partial charge in [0.25, 0.3) is 0 Å². The van der Waals surface area contributed by atoms with Crippen LogP contribution in [0.5, 0.6) is 0 Å². The number of carbonyl (C=O) groups is 1. The molecule has 1 N–H and O–H groups in total. The smallest absolute Gasteiger partial charge is 0.341 e. The molecule has 0 saturated carbocycles. The maximum Gasteiger partial charge on any atom is 0.341 e. The third-order valence-electron chi connectivity index (χ3n) is 2.78. The molecule has 106 valence electrons. The maximum absolute atomic E-state index is 11.6. The van der Waals surface area contributed by atoms with Crippen LogP contribution in [0.4, 0.5) is 5.82 Å². The molecule has 0 spiro atoms. The zero-order valence-corrected chi connectivity index (χ0v) is 12.0. The van der Waals surface area contributed by atoms with Crippen LogP contribution in [0.3, 0.4) is 0 Å². The lowest BCUT2D eigenvalue weighted by Crippen LogP contribution is -2.08. The van der Waals surface area contributed by atoms with Gasteiger partial charge in [-0.3, -0.25) is 0 Å². The van der Waals surface area contributed by atoms with Gasteiger partial charge in [-0.2, -0.15) is 5.10 Å². The van der Waals surface area contributed by atoms with Crippen LogP contribution in [0.1, 0.15) is 28.7 Å². The molecule has 0 aliphatic carbocycles. The molecule has 2 aromatic rings. The Kier molecular flexibility index (Phi) is 3.97. The van der Waals surface area contributed by atoms with Crippen molar-refractivity contribution in [2.24, 2.45) is 0 Å². The summed E-state index contributed by atoms with van der Waals surface area (Å²) in [6.07, 6.45) is 3.07. The van der Waals surface area contributed by atoms with E-state index in [9.17, 15) is 4.79 Å². The lowest BCUT2D eigenvalue weighted by atomic mass is 10.3. The fourth-order valence-electron chi connectivity index (χ4n) is 1.84. The summed E-state index contributed by atoms with van der Waals surface area (Å²) in [6.45, 7) is 5.80. The molecule has 0 saturated heterocycles. The molecule has 20 heavy (non-hydrogen) atoms. The molecule has 2 heterocycles. The molecule has 0 aliphatic rings. The van der Waals surface area contributed by atoms with Gasteiger partial charge in [0.1, 0.15) is 11.6 Å². The highest BCUT2D eigenvalue weighted by Crippen LogP contribution is 2.18. The molecule has 2 aromatic heterocycles. The summed E-state index contributed by atoms with van der Waals surface area (Å²) < 4.78 is 6.49. The quantitative estimate of drug-likeness (QED) is 0.851. The van der Waals surface area contributed by atoms with Gasteiger partial charge >= 0.3 is 5.97 Å². The lowest BCUT2D eigenvalue weighted by Gasteiger charge is -2.10. The fourth-order valence-corrected chi connectivity index (χ4v) is 1.84. The van der Waals surface area contributed by atoms with E-state index in [0.29, 0.717) is 23.8 Å². The molecule has 0 atom stereocenters. The van der Waals surface area contributed by atoms with Crippen LogP contribution in [0.2, 0.25) is 0 Å². The minimum absolute atomic E-state index is 0.333. The zero-order valence-electron chi connectivity index (χ0n) is 12.0. The van der Waals surface area contributed by atoms with E-state index in [1.165, 1.54) is 6.20 Å². The van der Waals surface area contributed by atoms with Gasteiger partial charge in [-0.25, -0.2) is 19.4 Å². The van der Waals surface area contributed by atoms with E-state index >= 15 is 0 Å². The Morgan fingerprint density at radius 3 is 2.80 bits per heavy atom. The van der Waals surface area contributed by atoms with Crippen molar-refractivity contribution in [1.82, 2.24) is 19.7 Å². The van der Waals surface area contributed by atoms with Gasteiger partial charge in [-0.1, -0.05) is 0 Å². The van der Waals surface area contributed by atoms with E-state index in [4.69, 9.17) is 4.74 Å². The van der Waals surface area contributed by atoms with Crippen LogP contribution < -0.4 is 5.32 Å². The van der Waals surface area contributed by atoms with Crippen molar-refractivity contribution in [3.05, 3.63) is 29.3 Å². The third-order valence-corrected chi connectivity index (χ3v) is 2.78. The monoisotopic (exact) mass is 275 g/mol. The number of ether oxygens (including phenoxy) is 1. The van der Waals surface area contributed by atoms with Crippen LogP contribution in [0.25, 0.3) is 5.82 Å². The van der Waals surface area contributed by atoms with Crippen LogP contribution in [0.15, 0.2) is 12.4 Å². The average Bonchev–Trinajstić information content (AvgIpc) is 2.91. The van der Waals surface area contributed by atoms with E-state index in [1.54, 1.807) is 31.8 Å². The normalized spacial score (nSPS) is 10.4. The van der Waals surface area contributed by atoms with Crippen LogP contribution in [-0.4, -0.2) is 39.4 Å². The number of aromatic nitrogens is 4. The largest absolute Gasteiger partial charge is 0.462 e. The van der Waals surface area contributed by atoms with Crippen LogP contribution in [-0.2, 0) is 4.74 Å². The summed E-state index contributed by atoms with van der Waals surface area (Å²) in [6, 6.07) is 0. The highest BCUT2D eigenvalue weighted by Gasteiger charge is 2.14. The standard InChI is InChI=1S/C13H17N5O2/c1-5-20-13(19)10-6-15-18(7-10)12-8(2)11(14-4)16-9(3)17-12/h6-7H,5H2,1-4H3,(H,14,16,17). The summed E-state index contributed by atoms with van der Waals surface area (Å²) in [5.74, 6) is 1.61. The number of nitrogens with zero attached hydrogens (tertiary/aromatic N) is 4. The summed E-state index contributed by atoms with van der Waals surface area (Å²) in [7, 11) is 1.80. The highest BCUT2D eigenvalue weighted by atomic mass is 16.5. The second kappa shape index (κ2) is 5.68. The summed E-state index contributed by atoms with van der Waals surface area (Å²) in [5.41, 5.74) is 1.25. The van der Waals surface area contributed by atoms with E-state index in [-0.39, 0.29) is 0 Å². The number of aryl methyl sites for hydroxylation is 1. The summed E-state index contributed by atoms with van der Waals surface area (Å²) >= 11 is 0. The Morgan fingerprint density at radius 2 is 2.15 bits per heavy atom. The van der Waals surface area contributed by atoms with Crippen molar-refractivity contribution in [3.63, 3.8) is 0 Å². The number of nitrogens with one attached hydrogen (secondary N) is 1. The Hall–Kier alpha value is -2.44. The highest BCUT2D eigenvalue weighted by molar-refractivity contribution is 5.88. The van der Waals surface area contributed by atoms with Crippen molar-refractivity contribution < 1.29 is 9.53 Å². The first-order valence-corrected chi connectivity index (χ1v) is 6.32. The number of hydrogen-bond donors (Lipinski definition) is 1. The zero-order chi connectivity index (χ0) is 14.7. The molecule has 0 fully saturated rings. The minimum Gasteiger partial charge on any atom is -0.462 e. The van der Waals surface area contributed by atoms with Gasteiger partial charge in [0.15, 0.2) is 5.82 Å². The molecule has 7 nitrogen and oxygen atoms in total. The summed E-state index contributed by atoms with van der Waals surface area (Å²) in [5, 5.41) is 7.18. The van der Waals surface area contributed by atoms with Crippen molar-refractivity contribution in [1.29, 1.82) is 0 Å². The van der Waals surface area contributed by atoms with Gasteiger partial charge in [-0.05, 0) is 20.8 Å². The first-order chi connectivity index (χ1) is 9.56. The van der Waals surface area contributed by atoms with E-state index < -0.39 is 5.97 Å². The molecule has 7 heteroatoms. The van der Waals surface area contributed by atoms with Gasteiger partial charge in [-0.15, -0.1) is 0 Å². The van der Waals surface area contributed by atoms with Crippen molar-refractivity contribution in [2.75, 3.05) is 19.0 Å². The summed E-state index contributed by atoms with van der Waals surface area (Å²) in [4.78, 5) is 20.3. The number of esters is 1. The average molecular weight is 275 g/mol. The molecule has 2 rings (SSSR count). The molecule has 0 aromatic carbocycles. The second-order valence-corrected chi connectivity index (χ2v) is 4.21. The predicted octanol–water partition coefficient (Wildman–Crippen LogP) is 1.50. The topological polar surface area (TPSA) is 81.9 Å². The SMILES string of the molecule is CCOC(=O)c1cnn(-c2nc(C)nc(NC)c2C)c1. The van der Waals surface area contributed by atoms with Crippen LogP contribution >= 0.6 is 0 Å². The lowest BCUT2D eigenvalue weighted by molar-refractivity contribution is 0.0526. The molecule has 0 unspecified atom stereocenters. The van der Waals surface area contributed by atoms with Crippen molar-refractivity contribution in [3.8, 4) is 5.82 Å². The minimum atomic E-state index is -0.393. The Bertz CT molecular complexity index is 636. The van der Waals surface area contributed by atoms with Gasteiger partial charge in [0.2, 0.25) is 0 Å². The Morgan fingerprint density at radius 1 is 1.40 bits per heavy atom. The number of hydrogen-bond acceptors (Lipinski definition) is 6. The van der Waals surface area contributed by atoms with Gasteiger partial charge < -0.3 is 10.1 Å². The first-order valence-electron chi connectivity index (χ1n) is 6.32. The Labute approximate surface area is 117 Å². The number of rotatable bonds is 4. The van der Waals surface area contributed by atoms with Crippen molar-refractivity contribution >= 4 is 11.8 Å². The van der Waals surface area contributed by atoms with Crippen molar-refractivity contribution in [2.45, 2.75) is 20.8 Å². The molecule has 0 bridgehead atoms.